The lowest BCUT2D eigenvalue weighted by molar-refractivity contribution is 0.444. The van der Waals surface area contributed by atoms with Crippen molar-refractivity contribution in [2.45, 2.75) is 51.5 Å². The average molecular weight is 252 g/mol. The Kier molecular flexibility index (Phi) is 4.73. The van der Waals surface area contributed by atoms with Crippen LogP contribution in [0.2, 0.25) is 5.02 Å². The number of nitrogens with one attached hydrogen (secondary N) is 1. The Bertz CT molecular complexity index is 333. The molecule has 1 aliphatic carbocycles. The van der Waals surface area contributed by atoms with Crippen LogP contribution in [-0.4, -0.2) is 6.04 Å². The van der Waals surface area contributed by atoms with Crippen molar-refractivity contribution in [1.29, 1.82) is 0 Å². The van der Waals surface area contributed by atoms with Gasteiger partial charge in [-0.05, 0) is 49.4 Å². The molecule has 0 bridgehead atoms. The minimum atomic E-state index is 0.646. The monoisotopic (exact) mass is 251 g/mol. The lowest BCUT2D eigenvalue weighted by Crippen LogP contribution is -2.18. The zero-order valence-electron chi connectivity index (χ0n) is 10.6. The second-order valence-corrected chi connectivity index (χ2v) is 5.57. The van der Waals surface area contributed by atoms with Crippen molar-refractivity contribution in [3.63, 3.8) is 0 Å². The summed E-state index contributed by atoms with van der Waals surface area (Å²) in [4.78, 5) is 0. The summed E-state index contributed by atoms with van der Waals surface area (Å²) in [6, 6.07) is 8.70. The van der Waals surface area contributed by atoms with Gasteiger partial charge >= 0.3 is 0 Å². The molecular formula is C15H22ClN. The number of hydrogen-bond acceptors (Lipinski definition) is 1. The fourth-order valence-electron chi connectivity index (χ4n) is 2.71. The molecule has 2 heteroatoms. The third-order valence-electron chi connectivity index (χ3n) is 3.88. The standard InChI is InChI=1S/C15H22ClN/c1-2-12-4-3-5-14(9-6-12)17-15-10-7-13(16)8-11-15/h7-8,10-12,14,17H,2-6,9H2,1H3. The number of hydrogen-bond donors (Lipinski definition) is 1. The topological polar surface area (TPSA) is 12.0 Å². The molecule has 2 atom stereocenters. The van der Waals surface area contributed by atoms with E-state index in [0.717, 1.165) is 10.9 Å². The van der Waals surface area contributed by atoms with Gasteiger partial charge < -0.3 is 5.32 Å². The van der Waals surface area contributed by atoms with E-state index in [2.05, 4.69) is 24.4 Å². The third kappa shape index (κ3) is 3.92. The van der Waals surface area contributed by atoms with E-state index in [1.807, 2.05) is 12.1 Å². The van der Waals surface area contributed by atoms with E-state index in [1.165, 1.54) is 44.2 Å². The molecule has 0 aromatic heterocycles. The Hall–Kier alpha value is -0.690. The highest BCUT2D eigenvalue weighted by molar-refractivity contribution is 6.30. The Morgan fingerprint density at radius 1 is 1.12 bits per heavy atom. The van der Waals surface area contributed by atoms with Gasteiger partial charge in [0.2, 0.25) is 0 Å². The van der Waals surface area contributed by atoms with Gasteiger partial charge in [-0.3, -0.25) is 0 Å². The van der Waals surface area contributed by atoms with E-state index in [0.29, 0.717) is 6.04 Å². The fourth-order valence-corrected chi connectivity index (χ4v) is 2.84. The number of rotatable bonds is 3. The Morgan fingerprint density at radius 2 is 1.88 bits per heavy atom. The van der Waals surface area contributed by atoms with Crippen LogP contribution in [0, 0.1) is 5.92 Å². The van der Waals surface area contributed by atoms with Crippen LogP contribution in [0.4, 0.5) is 5.69 Å². The molecule has 1 fully saturated rings. The quantitative estimate of drug-likeness (QED) is 0.736. The molecule has 17 heavy (non-hydrogen) atoms. The van der Waals surface area contributed by atoms with Crippen LogP contribution < -0.4 is 5.32 Å². The predicted octanol–water partition coefficient (Wildman–Crippen LogP) is 5.11. The van der Waals surface area contributed by atoms with Crippen molar-refractivity contribution in [2.75, 3.05) is 5.32 Å². The molecule has 1 aliphatic rings. The van der Waals surface area contributed by atoms with Gasteiger partial charge in [-0.1, -0.05) is 37.8 Å². The third-order valence-corrected chi connectivity index (χ3v) is 4.13. The van der Waals surface area contributed by atoms with Crippen LogP contribution in [0.3, 0.4) is 0 Å². The van der Waals surface area contributed by atoms with Gasteiger partial charge in [-0.25, -0.2) is 0 Å². The van der Waals surface area contributed by atoms with Gasteiger partial charge in [0.1, 0.15) is 0 Å². The van der Waals surface area contributed by atoms with E-state index in [9.17, 15) is 0 Å². The van der Waals surface area contributed by atoms with Crippen LogP contribution in [-0.2, 0) is 0 Å². The summed E-state index contributed by atoms with van der Waals surface area (Å²) in [5.74, 6) is 0.951. The summed E-state index contributed by atoms with van der Waals surface area (Å²) >= 11 is 5.89. The Balaban J connectivity index is 1.88. The number of halogens is 1. The van der Waals surface area contributed by atoms with Gasteiger partial charge in [-0.2, -0.15) is 0 Å². The maximum atomic E-state index is 5.89. The normalized spacial score (nSPS) is 25.3. The number of benzene rings is 1. The summed E-state index contributed by atoms with van der Waals surface area (Å²) in [5.41, 5.74) is 1.20. The molecule has 0 saturated heterocycles. The molecule has 1 aromatic carbocycles. The van der Waals surface area contributed by atoms with Crippen molar-refractivity contribution in [3.8, 4) is 0 Å². The lowest BCUT2D eigenvalue weighted by Gasteiger charge is -2.18. The molecule has 0 spiro atoms. The Labute approximate surface area is 110 Å². The van der Waals surface area contributed by atoms with Crippen molar-refractivity contribution >= 4 is 17.3 Å². The molecule has 1 aromatic rings. The summed E-state index contributed by atoms with van der Waals surface area (Å²) in [6.45, 7) is 2.32. The molecular weight excluding hydrogens is 230 g/mol. The predicted molar refractivity (Wildman–Crippen MR) is 75.7 cm³/mol. The molecule has 1 N–H and O–H groups in total. The van der Waals surface area contributed by atoms with Crippen LogP contribution >= 0.6 is 11.6 Å². The largest absolute Gasteiger partial charge is 0.382 e. The van der Waals surface area contributed by atoms with E-state index in [-0.39, 0.29) is 0 Å². The molecule has 2 rings (SSSR count). The average Bonchev–Trinajstić information content (AvgIpc) is 2.57. The summed E-state index contributed by atoms with van der Waals surface area (Å²) < 4.78 is 0. The first-order chi connectivity index (χ1) is 8.28. The summed E-state index contributed by atoms with van der Waals surface area (Å²) in [5, 5.41) is 4.44. The molecule has 0 aliphatic heterocycles. The van der Waals surface area contributed by atoms with Crippen LogP contribution in [0.15, 0.2) is 24.3 Å². The summed E-state index contributed by atoms with van der Waals surface area (Å²) in [6.07, 6.45) is 8.11. The molecule has 0 radical (unpaired) electrons. The van der Waals surface area contributed by atoms with Crippen LogP contribution in [0.5, 0.6) is 0 Å². The number of anilines is 1. The van der Waals surface area contributed by atoms with Gasteiger partial charge in [0.25, 0.3) is 0 Å². The summed E-state index contributed by atoms with van der Waals surface area (Å²) in [7, 11) is 0. The zero-order valence-corrected chi connectivity index (χ0v) is 11.3. The van der Waals surface area contributed by atoms with Crippen molar-refractivity contribution < 1.29 is 0 Å². The first kappa shape index (κ1) is 12.8. The van der Waals surface area contributed by atoms with Gasteiger partial charge in [0.15, 0.2) is 0 Å². The maximum Gasteiger partial charge on any atom is 0.0407 e. The molecule has 2 unspecified atom stereocenters. The lowest BCUT2D eigenvalue weighted by atomic mass is 9.98. The van der Waals surface area contributed by atoms with E-state index in [4.69, 9.17) is 11.6 Å². The first-order valence-electron chi connectivity index (χ1n) is 6.80. The van der Waals surface area contributed by atoms with Gasteiger partial charge in [-0.15, -0.1) is 0 Å². The second-order valence-electron chi connectivity index (χ2n) is 5.13. The molecule has 0 amide bonds. The van der Waals surface area contributed by atoms with Crippen LogP contribution in [0.25, 0.3) is 0 Å². The van der Waals surface area contributed by atoms with E-state index >= 15 is 0 Å². The van der Waals surface area contributed by atoms with Gasteiger partial charge in [0.05, 0.1) is 0 Å². The highest BCUT2D eigenvalue weighted by Gasteiger charge is 2.17. The van der Waals surface area contributed by atoms with Crippen LogP contribution in [0.1, 0.15) is 45.4 Å². The minimum absolute atomic E-state index is 0.646. The minimum Gasteiger partial charge on any atom is -0.382 e. The highest BCUT2D eigenvalue weighted by atomic mass is 35.5. The highest BCUT2D eigenvalue weighted by Crippen LogP contribution is 2.27. The zero-order chi connectivity index (χ0) is 12.1. The fraction of sp³-hybridized carbons (Fsp3) is 0.600. The molecule has 1 nitrogen and oxygen atoms in total. The van der Waals surface area contributed by atoms with Crippen molar-refractivity contribution in [1.82, 2.24) is 0 Å². The van der Waals surface area contributed by atoms with E-state index in [1.54, 1.807) is 0 Å². The van der Waals surface area contributed by atoms with Gasteiger partial charge in [0, 0.05) is 16.8 Å². The SMILES string of the molecule is CCC1CCCC(Nc2ccc(Cl)cc2)CC1. The van der Waals surface area contributed by atoms with E-state index < -0.39 is 0 Å². The first-order valence-corrected chi connectivity index (χ1v) is 7.18. The Morgan fingerprint density at radius 3 is 2.59 bits per heavy atom. The molecule has 0 heterocycles. The van der Waals surface area contributed by atoms with Crippen molar-refractivity contribution in [3.05, 3.63) is 29.3 Å². The maximum absolute atomic E-state index is 5.89. The second kappa shape index (κ2) is 6.30. The molecule has 94 valence electrons. The molecule has 1 saturated carbocycles. The smallest absolute Gasteiger partial charge is 0.0407 e. The van der Waals surface area contributed by atoms with Crippen molar-refractivity contribution in [2.24, 2.45) is 5.92 Å².